The van der Waals surface area contributed by atoms with Crippen LogP contribution in [-0.4, -0.2) is 22.0 Å². The second-order valence-electron chi connectivity index (χ2n) is 6.80. The third-order valence-corrected chi connectivity index (χ3v) is 5.67. The fourth-order valence-corrected chi connectivity index (χ4v) is 4.12. The summed E-state index contributed by atoms with van der Waals surface area (Å²) in [5.41, 5.74) is 8.99. The Labute approximate surface area is 167 Å². The van der Waals surface area contributed by atoms with Gasteiger partial charge in [-0.05, 0) is 18.1 Å². The molecular weight excluding hydrogens is 372 g/mol. The van der Waals surface area contributed by atoms with Crippen molar-refractivity contribution in [2.75, 3.05) is 0 Å². The summed E-state index contributed by atoms with van der Waals surface area (Å²) in [5, 5.41) is 16.0. The molecule has 3 aromatic rings. The molecule has 28 heavy (non-hydrogen) atoms. The lowest BCUT2D eigenvalue weighted by atomic mass is 10.0. The fraction of sp³-hybridized carbons (Fsp3) is 0.238. The molecule has 1 saturated heterocycles. The van der Waals surface area contributed by atoms with E-state index >= 15 is 0 Å². The van der Waals surface area contributed by atoms with Gasteiger partial charge in [-0.3, -0.25) is 4.79 Å². The number of carbonyl (C=O) groups is 1. The van der Waals surface area contributed by atoms with E-state index in [2.05, 4.69) is 33.3 Å². The van der Waals surface area contributed by atoms with E-state index in [0.29, 0.717) is 13.0 Å². The molecule has 0 saturated carbocycles. The smallest absolute Gasteiger partial charge is 0.238 e. The van der Waals surface area contributed by atoms with E-state index in [-0.39, 0.29) is 23.7 Å². The number of rotatable bonds is 6. The number of aromatic nitrogens is 1. The fourth-order valence-electron chi connectivity index (χ4n) is 3.30. The Kier molecular flexibility index (Phi) is 5.66. The van der Waals surface area contributed by atoms with Crippen molar-refractivity contribution < 1.29 is 9.90 Å². The molecular formula is C21H22N4O2S. The number of phenolic OH excluding ortho intramolecular Hbond substituents is 1. The van der Waals surface area contributed by atoms with E-state index < -0.39 is 0 Å². The molecule has 1 aliphatic heterocycles. The molecule has 1 aliphatic rings. The molecule has 0 aliphatic carbocycles. The van der Waals surface area contributed by atoms with Gasteiger partial charge in [-0.25, -0.2) is 15.8 Å². The summed E-state index contributed by atoms with van der Waals surface area (Å²) in [6.07, 6.45) is 1.37. The molecule has 0 bridgehead atoms. The lowest BCUT2D eigenvalue weighted by Gasteiger charge is -2.11. The topological polar surface area (TPSA) is 86.3 Å². The van der Waals surface area contributed by atoms with E-state index in [4.69, 9.17) is 0 Å². The highest BCUT2D eigenvalue weighted by Gasteiger charge is 2.31. The molecule has 6 nitrogen and oxygen atoms in total. The highest BCUT2D eigenvalue weighted by atomic mass is 32.1. The number of amides is 1. The third-order valence-electron chi connectivity index (χ3n) is 4.77. The van der Waals surface area contributed by atoms with Crippen molar-refractivity contribution in [1.82, 2.24) is 21.2 Å². The zero-order valence-electron chi connectivity index (χ0n) is 15.3. The van der Waals surface area contributed by atoms with Gasteiger partial charge in [0.1, 0.15) is 11.8 Å². The average molecular weight is 395 g/mol. The van der Waals surface area contributed by atoms with Gasteiger partial charge in [-0.15, -0.1) is 11.3 Å². The van der Waals surface area contributed by atoms with Crippen molar-refractivity contribution in [3.63, 3.8) is 0 Å². The van der Waals surface area contributed by atoms with Gasteiger partial charge in [0.2, 0.25) is 5.91 Å². The molecule has 2 atom stereocenters. The normalized spacial score (nSPS) is 18.9. The second kappa shape index (κ2) is 8.52. The summed E-state index contributed by atoms with van der Waals surface area (Å²) in [6.45, 7) is 0.406. The molecule has 7 heteroatoms. The largest absolute Gasteiger partial charge is 0.508 e. The summed E-state index contributed by atoms with van der Waals surface area (Å²) >= 11 is 1.61. The standard InChI is InChI=1S/C21H22N4O2S/c26-19-9-5-4-8-16(19)17-11-18(25-24-17)21(27)22-12-15-13-28-20(23-15)10-14-6-2-1-3-7-14/h1-9,13,17-18,24-26H,10-12H2,(H,22,27). The minimum absolute atomic E-state index is 0.0805. The summed E-state index contributed by atoms with van der Waals surface area (Å²) in [6, 6.07) is 16.9. The maximum absolute atomic E-state index is 12.5. The number of hydrazine groups is 1. The minimum atomic E-state index is -0.355. The van der Waals surface area contributed by atoms with Gasteiger partial charge >= 0.3 is 0 Å². The van der Waals surface area contributed by atoms with E-state index in [1.54, 1.807) is 23.5 Å². The Bertz CT molecular complexity index is 944. The van der Waals surface area contributed by atoms with E-state index in [1.807, 2.05) is 35.7 Å². The van der Waals surface area contributed by atoms with Gasteiger partial charge in [0, 0.05) is 17.4 Å². The van der Waals surface area contributed by atoms with Crippen molar-refractivity contribution in [2.24, 2.45) is 0 Å². The van der Waals surface area contributed by atoms with Crippen LogP contribution >= 0.6 is 11.3 Å². The SMILES string of the molecule is O=C(NCc1csc(Cc2ccccc2)n1)C1CC(c2ccccc2O)NN1. The van der Waals surface area contributed by atoms with Gasteiger partial charge in [-0.2, -0.15) is 0 Å². The molecule has 1 fully saturated rings. The zero-order chi connectivity index (χ0) is 19.3. The molecule has 0 spiro atoms. The summed E-state index contributed by atoms with van der Waals surface area (Å²) in [5.74, 6) is 0.152. The average Bonchev–Trinajstić information content (AvgIpc) is 3.37. The van der Waals surface area contributed by atoms with Crippen LogP contribution < -0.4 is 16.2 Å². The molecule has 2 heterocycles. The summed E-state index contributed by atoms with van der Waals surface area (Å²) in [7, 11) is 0. The van der Waals surface area contributed by atoms with Crippen molar-refractivity contribution in [2.45, 2.75) is 31.5 Å². The van der Waals surface area contributed by atoms with Crippen LogP contribution in [0, 0.1) is 0 Å². The number of carbonyl (C=O) groups excluding carboxylic acids is 1. The molecule has 1 aromatic heterocycles. The Hall–Kier alpha value is -2.74. The summed E-state index contributed by atoms with van der Waals surface area (Å²) in [4.78, 5) is 17.1. The van der Waals surface area contributed by atoms with Crippen LogP contribution in [0.2, 0.25) is 0 Å². The quantitative estimate of drug-likeness (QED) is 0.516. The zero-order valence-corrected chi connectivity index (χ0v) is 16.1. The van der Waals surface area contributed by atoms with Crippen molar-refractivity contribution >= 4 is 17.2 Å². The monoisotopic (exact) mass is 394 g/mol. The number of nitrogens with zero attached hydrogens (tertiary/aromatic N) is 1. The van der Waals surface area contributed by atoms with Crippen LogP contribution in [0.5, 0.6) is 5.75 Å². The number of benzene rings is 2. The first-order valence-electron chi connectivity index (χ1n) is 9.23. The summed E-state index contributed by atoms with van der Waals surface area (Å²) < 4.78 is 0. The first kappa shape index (κ1) is 18.6. The van der Waals surface area contributed by atoms with E-state index in [1.165, 1.54) is 5.56 Å². The van der Waals surface area contributed by atoms with Crippen LogP contribution in [0.15, 0.2) is 60.0 Å². The molecule has 2 unspecified atom stereocenters. The Morgan fingerprint density at radius 1 is 1.14 bits per heavy atom. The van der Waals surface area contributed by atoms with Crippen molar-refractivity contribution in [1.29, 1.82) is 0 Å². The number of nitrogens with one attached hydrogen (secondary N) is 3. The Morgan fingerprint density at radius 3 is 2.75 bits per heavy atom. The predicted octanol–water partition coefficient (Wildman–Crippen LogP) is 2.66. The molecule has 1 amide bonds. The number of phenols is 1. The highest BCUT2D eigenvalue weighted by Crippen LogP contribution is 2.29. The molecule has 4 N–H and O–H groups in total. The highest BCUT2D eigenvalue weighted by molar-refractivity contribution is 7.09. The predicted molar refractivity (Wildman–Crippen MR) is 109 cm³/mol. The molecule has 4 rings (SSSR count). The number of para-hydroxylation sites is 1. The van der Waals surface area contributed by atoms with E-state index in [0.717, 1.165) is 22.7 Å². The van der Waals surface area contributed by atoms with E-state index in [9.17, 15) is 9.90 Å². The van der Waals surface area contributed by atoms with Gasteiger partial charge in [0.05, 0.1) is 23.3 Å². The van der Waals surface area contributed by atoms with Gasteiger partial charge in [0.25, 0.3) is 0 Å². The maximum atomic E-state index is 12.5. The van der Waals surface area contributed by atoms with Crippen LogP contribution in [0.3, 0.4) is 0 Å². The Balaban J connectivity index is 1.29. The number of thiazole rings is 1. The van der Waals surface area contributed by atoms with Gasteiger partial charge < -0.3 is 10.4 Å². The lowest BCUT2D eigenvalue weighted by molar-refractivity contribution is -0.123. The maximum Gasteiger partial charge on any atom is 0.238 e. The van der Waals surface area contributed by atoms with Gasteiger partial charge in [-0.1, -0.05) is 48.5 Å². The Morgan fingerprint density at radius 2 is 1.93 bits per heavy atom. The first-order valence-corrected chi connectivity index (χ1v) is 10.1. The van der Waals surface area contributed by atoms with Crippen molar-refractivity contribution in [3.8, 4) is 5.75 Å². The number of aromatic hydroxyl groups is 1. The minimum Gasteiger partial charge on any atom is -0.508 e. The molecule has 2 aromatic carbocycles. The third kappa shape index (κ3) is 4.39. The number of hydrogen-bond donors (Lipinski definition) is 4. The van der Waals surface area contributed by atoms with Crippen molar-refractivity contribution in [3.05, 3.63) is 81.8 Å². The first-order chi connectivity index (χ1) is 13.7. The van der Waals surface area contributed by atoms with Crippen LogP contribution in [0.25, 0.3) is 0 Å². The second-order valence-corrected chi connectivity index (χ2v) is 7.74. The lowest BCUT2D eigenvalue weighted by Crippen LogP contribution is -2.42. The molecule has 0 radical (unpaired) electrons. The van der Waals surface area contributed by atoms with Gasteiger partial charge in [0.15, 0.2) is 0 Å². The van der Waals surface area contributed by atoms with Crippen LogP contribution in [0.4, 0.5) is 0 Å². The molecule has 144 valence electrons. The number of hydrogen-bond acceptors (Lipinski definition) is 6. The van der Waals surface area contributed by atoms with Crippen LogP contribution in [-0.2, 0) is 17.8 Å². The van der Waals surface area contributed by atoms with Crippen LogP contribution in [0.1, 0.15) is 34.3 Å².